The van der Waals surface area contributed by atoms with Gasteiger partial charge in [-0.15, -0.1) is 0 Å². The second-order valence-electron chi connectivity index (χ2n) is 4.43. The van der Waals surface area contributed by atoms with E-state index in [-0.39, 0.29) is 12.6 Å². The molecule has 0 bridgehead atoms. The molecule has 1 aromatic rings. The molecular weight excluding hydrogens is 268 g/mol. The van der Waals surface area contributed by atoms with E-state index in [1.165, 1.54) is 0 Å². The van der Waals surface area contributed by atoms with E-state index >= 15 is 0 Å². The van der Waals surface area contributed by atoms with Crippen molar-refractivity contribution >= 4 is 16.2 Å². The van der Waals surface area contributed by atoms with Gasteiger partial charge in [-0.1, -0.05) is 30.3 Å². The van der Waals surface area contributed by atoms with Crippen LogP contribution in [0.4, 0.5) is 0 Å². The number of carboxylic acid groups (broad SMARTS) is 1. The first kappa shape index (κ1) is 15.6. The zero-order valence-corrected chi connectivity index (χ0v) is 11.6. The van der Waals surface area contributed by atoms with Crippen LogP contribution in [-0.4, -0.2) is 32.1 Å². The molecule has 0 spiro atoms. The third-order valence-electron chi connectivity index (χ3n) is 2.37. The molecule has 0 fully saturated rings. The Balaban J connectivity index is 2.74. The summed E-state index contributed by atoms with van der Waals surface area (Å²) in [6, 6.07) is 8.26. The molecule has 0 radical (unpaired) electrons. The molecule has 0 saturated carbocycles. The van der Waals surface area contributed by atoms with Crippen LogP contribution in [-0.2, 0) is 15.0 Å². The average Bonchev–Trinajstić information content (AvgIpc) is 2.28. The molecular formula is C12H18N2O4S. The first-order valence-electron chi connectivity index (χ1n) is 5.86. The summed E-state index contributed by atoms with van der Waals surface area (Å²) in [6.07, 6.45) is 0. The average molecular weight is 286 g/mol. The number of aliphatic carboxylic acids is 1. The van der Waals surface area contributed by atoms with Gasteiger partial charge >= 0.3 is 5.97 Å². The molecule has 19 heavy (non-hydrogen) atoms. The van der Waals surface area contributed by atoms with Gasteiger partial charge in [0.05, 0.1) is 5.92 Å². The second kappa shape index (κ2) is 6.65. The quantitative estimate of drug-likeness (QED) is 0.687. The Morgan fingerprint density at radius 2 is 1.84 bits per heavy atom. The summed E-state index contributed by atoms with van der Waals surface area (Å²) in [5.41, 5.74) is 0.558. The summed E-state index contributed by atoms with van der Waals surface area (Å²) < 4.78 is 27.8. The lowest BCUT2D eigenvalue weighted by atomic mass is 10.00. The van der Waals surface area contributed by atoms with E-state index in [2.05, 4.69) is 9.44 Å². The van der Waals surface area contributed by atoms with Crippen LogP contribution in [0.25, 0.3) is 0 Å². The van der Waals surface area contributed by atoms with Gasteiger partial charge in [-0.05, 0) is 19.4 Å². The van der Waals surface area contributed by atoms with E-state index < -0.39 is 22.1 Å². The van der Waals surface area contributed by atoms with Crippen LogP contribution in [0.1, 0.15) is 25.3 Å². The highest BCUT2D eigenvalue weighted by molar-refractivity contribution is 7.87. The molecule has 0 aliphatic heterocycles. The van der Waals surface area contributed by atoms with Crippen molar-refractivity contribution < 1.29 is 18.3 Å². The smallest absolute Gasteiger partial charge is 0.312 e. The fourth-order valence-corrected chi connectivity index (χ4v) is 2.67. The number of carboxylic acids is 1. The number of hydrogen-bond donors (Lipinski definition) is 3. The zero-order valence-electron chi connectivity index (χ0n) is 10.8. The van der Waals surface area contributed by atoms with E-state index in [0.29, 0.717) is 5.56 Å². The molecule has 6 nitrogen and oxygen atoms in total. The van der Waals surface area contributed by atoms with Crippen molar-refractivity contribution in [3.8, 4) is 0 Å². The number of nitrogens with one attached hydrogen (secondary N) is 2. The summed E-state index contributed by atoms with van der Waals surface area (Å²) in [5, 5.41) is 9.15. The van der Waals surface area contributed by atoms with Gasteiger partial charge in [-0.3, -0.25) is 4.79 Å². The van der Waals surface area contributed by atoms with Crippen molar-refractivity contribution in [1.29, 1.82) is 0 Å². The topological polar surface area (TPSA) is 95.5 Å². The van der Waals surface area contributed by atoms with Gasteiger partial charge in [0.2, 0.25) is 0 Å². The van der Waals surface area contributed by atoms with E-state index in [0.717, 1.165) is 0 Å². The van der Waals surface area contributed by atoms with Crippen molar-refractivity contribution in [2.45, 2.75) is 25.8 Å². The van der Waals surface area contributed by atoms with Crippen LogP contribution in [0.3, 0.4) is 0 Å². The Hall–Kier alpha value is -1.44. The standard InChI is InChI=1S/C12H18N2O4S/c1-9(2)14-19(17,18)13-8-11(12(15)16)10-6-4-3-5-7-10/h3-7,9,11,13-14H,8H2,1-2H3,(H,15,16). The number of carbonyl (C=O) groups is 1. The van der Waals surface area contributed by atoms with Crippen molar-refractivity contribution in [2.75, 3.05) is 6.54 Å². The van der Waals surface area contributed by atoms with Crippen molar-refractivity contribution in [1.82, 2.24) is 9.44 Å². The largest absolute Gasteiger partial charge is 0.481 e. The molecule has 7 heteroatoms. The van der Waals surface area contributed by atoms with E-state index in [9.17, 15) is 13.2 Å². The van der Waals surface area contributed by atoms with Gasteiger partial charge < -0.3 is 5.11 Å². The van der Waals surface area contributed by atoms with Gasteiger partial charge in [-0.25, -0.2) is 4.72 Å². The molecule has 1 atom stereocenters. The first-order chi connectivity index (χ1) is 8.82. The Morgan fingerprint density at radius 3 is 2.32 bits per heavy atom. The maximum Gasteiger partial charge on any atom is 0.312 e. The van der Waals surface area contributed by atoms with Crippen molar-refractivity contribution in [3.05, 3.63) is 35.9 Å². The summed E-state index contributed by atoms with van der Waals surface area (Å²) in [6.45, 7) is 3.18. The third kappa shape index (κ3) is 5.37. The molecule has 0 saturated heterocycles. The van der Waals surface area contributed by atoms with Crippen LogP contribution >= 0.6 is 0 Å². The lowest BCUT2D eigenvalue weighted by molar-refractivity contribution is -0.138. The fourth-order valence-electron chi connectivity index (χ4n) is 1.58. The SMILES string of the molecule is CC(C)NS(=O)(=O)NCC(C(=O)O)c1ccccc1. The Labute approximate surface area is 113 Å². The van der Waals surface area contributed by atoms with Crippen LogP contribution in [0, 0.1) is 0 Å². The van der Waals surface area contributed by atoms with Gasteiger partial charge in [0.15, 0.2) is 0 Å². The van der Waals surface area contributed by atoms with Gasteiger partial charge in [-0.2, -0.15) is 13.1 Å². The molecule has 1 rings (SSSR count). The number of benzene rings is 1. The maximum absolute atomic E-state index is 11.6. The summed E-state index contributed by atoms with van der Waals surface area (Å²) >= 11 is 0. The number of hydrogen-bond acceptors (Lipinski definition) is 3. The third-order valence-corrected chi connectivity index (χ3v) is 3.70. The second-order valence-corrected chi connectivity index (χ2v) is 5.96. The zero-order chi connectivity index (χ0) is 14.5. The predicted octanol–water partition coefficient (Wildman–Crippen LogP) is 0.687. The summed E-state index contributed by atoms with van der Waals surface area (Å²) in [4.78, 5) is 11.2. The molecule has 0 heterocycles. The minimum absolute atomic E-state index is 0.193. The minimum atomic E-state index is -3.68. The van der Waals surface area contributed by atoms with Gasteiger partial charge in [0.1, 0.15) is 0 Å². The molecule has 0 aliphatic rings. The molecule has 0 aromatic heterocycles. The Kier molecular flexibility index (Phi) is 5.46. The lowest BCUT2D eigenvalue weighted by Crippen LogP contribution is -2.42. The Morgan fingerprint density at radius 1 is 1.26 bits per heavy atom. The monoisotopic (exact) mass is 286 g/mol. The fraction of sp³-hybridized carbons (Fsp3) is 0.417. The minimum Gasteiger partial charge on any atom is -0.481 e. The van der Waals surface area contributed by atoms with Crippen LogP contribution in [0.15, 0.2) is 30.3 Å². The number of rotatable bonds is 7. The Bertz CT molecular complexity index is 514. The van der Waals surface area contributed by atoms with Gasteiger partial charge in [0.25, 0.3) is 10.2 Å². The van der Waals surface area contributed by atoms with Crippen molar-refractivity contribution in [2.24, 2.45) is 0 Å². The highest BCUT2D eigenvalue weighted by atomic mass is 32.2. The molecule has 1 aromatic carbocycles. The van der Waals surface area contributed by atoms with E-state index in [1.807, 2.05) is 0 Å². The highest BCUT2D eigenvalue weighted by Gasteiger charge is 2.22. The molecule has 0 aliphatic carbocycles. The van der Waals surface area contributed by atoms with Crippen LogP contribution in [0.5, 0.6) is 0 Å². The molecule has 106 valence electrons. The van der Waals surface area contributed by atoms with Crippen LogP contribution < -0.4 is 9.44 Å². The van der Waals surface area contributed by atoms with Crippen LogP contribution in [0.2, 0.25) is 0 Å². The van der Waals surface area contributed by atoms with Gasteiger partial charge in [0, 0.05) is 12.6 Å². The highest BCUT2D eigenvalue weighted by Crippen LogP contribution is 2.14. The van der Waals surface area contributed by atoms with Crippen molar-refractivity contribution in [3.63, 3.8) is 0 Å². The lowest BCUT2D eigenvalue weighted by Gasteiger charge is -2.15. The molecule has 0 amide bonds. The molecule has 3 N–H and O–H groups in total. The van der Waals surface area contributed by atoms with E-state index in [1.54, 1.807) is 44.2 Å². The predicted molar refractivity (Wildman–Crippen MR) is 72.0 cm³/mol. The normalized spacial score (nSPS) is 13.4. The summed E-state index contributed by atoms with van der Waals surface area (Å²) in [7, 11) is -3.68. The first-order valence-corrected chi connectivity index (χ1v) is 7.35. The van der Waals surface area contributed by atoms with E-state index in [4.69, 9.17) is 5.11 Å². The maximum atomic E-state index is 11.6. The summed E-state index contributed by atoms with van der Waals surface area (Å²) in [5.74, 6) is -1.98. The molecule has 1 unspecified atom stereocenters.